The van der Waals surface area contributed by atoms with Crippen LogP contribution < -0.4 is 9.47 Å². The van der Waals surface area contributed by atoms with E-state index in [1.807, 2.05) is 18.2 Å². The standard InChI is InChI=1S/C23H25N3O6S/c1-25(14-16-15-30-20-7-3-4-8-21(20)31-16)33(28,29)17-9-10-19-18(13-17)22(24-32-19)23(27)26-11-5-2-6-12-26/h3-4,7-10,13,16H,2,5-6,11-12,14-15H2,1H3. The third kappa shape index (κ3) is 4.16. The molecule has 1 amide bonds. The molecule has 1 aromatic heterocycles. The van der Waals surface area contributed by atoms with Crippen molar-refractivity contribution in [1.82, 2.24) is 14.4 Å². The van der Waals surface area contributed by atoms with Crippen LogP contribution in [0.4, 0.5) is 0 Å². The number of benzene rings is 2. The Morgan fingerprint density at radius 3 is 2.67 bits per heavy atom. The lowest BCUT2D eigenvalue weighted by Crippen LogP contribution is -2.41. The van der Waals surface area contributed by atoms with Crippen LogP contribution >= 0.6 is 0 Å². The lowest BCUT2D eigenvalue weighted by Gasteiger charge is -2.29. The van der Waals surface area contributed by atoms with Crippen molar-refractivity contribution < 1.29 is 27.2 Å². The van der Waals surface area contributed by atoms with E-state index in [1.165, 1.54) is 29.6 Å². The topological polar surface area (TPSA) is 102 Å². The van der Waals surface area contributed by atoms with Gasteiger partial charge in [-0.05, 0) is 49.6 Å². The summed E-state index contributed by atoms with van der Waals surface area (Å²) in [7, 11) is -2.35. The molecule has 1 atom stereocenters. The SMILES string of the molecule is CN(CC1COc2ccccc2O1)S(=O)(=O)c1ccc2onc(C(=O)N3CCCCC3)c2c1. The molecule has 2 aliphatic rings. The molecular weight excluding hydrogens is 446 g/mol. The van der Waals surface area contributed by atoms with Gasteiger partial charge in [0.1, 0.15) is 12.7 Å². The van der Waals surface area contributed by atoms with Gasteiger partial charge < -0.3 is 18.9 Å². The summed E-state index contributed by atoms with van der Waals surface area (Å²) in [5.74, 6) is 0.997. The quantitative estimate of drug-likeness (QED) is 0.564. The first kappa shape index (κ1) is 21.7. The second-order valence-electron chi connectivity index (χ2n) is 8.33. The lowest BCUT2D eigenvalue weighted by molar-refractivity contribution is 0.0715. The minimum atomic E-state index is -3.85. The van der Waals surface area contributed by atoms with Crippen LogP contribution in [0.5, 0.6) is 11.5 Å². The second-order valence-corrected chi connectivity index (χ2v) is 10.4. The monoisotopic (exact) mass is 471 g/mol. The van der Waals surface area contributed by atoms with Gasteiger partial charge in [-0.1, -0.05) is 17.3 Å². The lowest BCUT2D eigenvalue weighted by atomic mass is 10.1. The predicted octanol–water partition coefficient (Wildman–Crippen LogP) is 2.91. The van der Waals surface area contributed by atoms with Crippen LogP contribution in [-0.2, 0) is 10.0 Å². The molecule has 3 aromatic rings. The second kappa shape index (κ2) is 8.68. The number of sulfonamides is 1. The Labute approximate surface area is 191 Å². The fourth-order valence-electron chi connectivity index (χ4n) is 4.20. The third-order valence-electron chi connectivity index (χ3n) is 6.02. The van der Waals surface area contributed by atoms with Gasteiger partial charge in [-0.15, -0.1) is 0 Å². The minimum absolute atomic E-state index is 0.0607. The highest BCUT2D eigenvalue weighted by Crippen LogP contribution is 2.32. The van der Waals surface area contributed by atoms with E-state index in [4.69, 9.17) is 14.0 Å². The molecule has 0 saturated carbocycles. The van der Waals surface area contributed by atoms with Crippen LogP contribution in [0.3, 0.4) is 0 Å². The molecule has 2 aromatic carbocycles. The van der Waals surface area contributed by atoms with E-state index in [0.717, 1.165) is 19.3 Å². The van der Waals surface area contributed by atoms with E-state index in [9.17, 15) is 13.2 Å². The van der Waals surface area contributed by atoms with E-state index in [1.54, 1.807) is 11.0 Å². The number of likely N-dealkylation sites (tertiary alicyclic amines) is 1. The molecule has 10 heteroatoms. The number of rotatable bonds is 5. The van der Waals surface area contributed by atoms with Crippen LogP contribution in [0.2, 0.25) is 0 Å². The van der Waals surface area contributed by atoms with Gasteiger partial charge >= 0.3 is 0 Å². The van der Waals surface area contributed by atoms with Gasteiger partial charge in [-0.25, -0.2) is 8.42 Å². The van der Waals surface area contributed by atoms with Gasteiger partial charge in [0, 0.05) is 20.1 Å². The summed E-state index contributed by atoms with van der Waals surface area (Å²) in [4.78, 5) is 14.7. The van der Waals surface area contributed by atoms with Crippen molar-refractivity contribution >= 4 is 26.9 Å². The number of ether oxygens (including phenoxy) is 2. The van der Waals surface area contributed by atoms with E-state index in [0.29, 0.717) is 35.6 Å². The summed E-state index contributed by atoms with van der Waals surface area (Å²) < 4.78 is 44.7. The van der Waals surface area contributed by atoms with Gasteiger partial charge in [-0.3, -0.25) is 4.79 Å². The number of aromatic nitrogens is 1. The Bertz CT molecular complexity index is 1280. The van der Waals surface area contributed by atoms with Crippen LogP contribution in [0.25, 0.3) is 11.0 Å². The maximum atomic E-state index is 13.3. The summed E-state index contributed by atoms with van der Waals surface area (Å²) in [5, 5.41) is 4.34. The summed E-state index contributed by atoms with van der Waals surface area (Å²) >= 11 is 0. The zero-order chi connectivity index (χ0) is 23.0. The van der Waals surface area contributed by atoms with Crippen molar-refractivity contribution in [1.29, 1.82) is 0 Å². The summed E-state index contributed by atoms with van der Waals surface area (Å²) in [6.45, 7) is 1.69. The molecule has 2 aliphatic heterocycles. The molecule has 5 rings (SSSR count). The normalized spacial score (nSPS) is 18.6. The van der Waals surface area contributed by atoms with Crippen molar-refractivity contribution in [2.24, 2.45) is 0 Å². The Hall–Kier alpha value is -3.11. The highest BCUT2D eigenvalue weighted by atomic mass is 32.2. The summed E-state index contributed by atoms with van der Waals surface area (Å²) in [6.07, 6.45) is 2.54. The number of piperidine rings is 1. The smallest absolute Gasteiger partial charge is 0.276 e. The summed E-state index contributed by atoms with van der Waals surface area (Å²) in [5.41, 5.74) is 0.518. The highest BCUT2D eigenvalue weighted by molar-refractivity contribution is 7.89. The number of amides is 1. The van der Waals surface area contributed by atoms with Crippen molar-refractivity contribution in [2.75, 3.05) is 33.3 Å². The Kier molecular flexibility index (Phi) is 5.71. The predicted molar refractivity (Wildman–Crippen MR) is 120 cm³/mol. The zero-order valence-electron chi connectivity index (χ0n) is 18.3. The first-order valence-corrected chi connectivity index (χ1v) is 12.4. The summed E-state index contributed by atoms with van der Waals surface area (Å²) in [6, 6.07) is 11.7. The first-order valence-electron chi connectivity index (χ1n) is 11.0. The number of hydrogen-bond donors (Lipinski definition) is 0. The number of carbonyl (C=O) groups excluding carboxylic acids is 1. The van der Waals surface area contributed by atoms with Crippen molar-refractivity contribution in [3.05, 3.63) is 48.2 Å². The van der Waals surface area contributed by atoms with Gasteiger partial charge in [-0.2, -0.15) is 4.31 Å². The molecule has 1 saturated heterocycles. The number of fused-ring (bicyclic) bond motifs is 2. The zero-order valence-corrected chi connectivity index (χ0v) is 19.1. The van der Waals surface area contributed by atoms with E-state index < -0.39 is 16.1 Å². The number of carbonyl (C=O) groups is 1. The van der Waals surface area contributed by atoms with Gasteiger partial charge in [0.25, 0.3) is 5.91 Å². The Morgan fingerprint density at radius 2 is 1.88 bits per heavy atom. The van der Waals surface area contributed by atoms with Crippen LogP contribution in [0.15, 0.2) is 51.9 Å². The molecule has 174 valence electrons. The molecule has 9 nitrogen and oxygen atoms in total. The average Bonchev–Trinajstić information content (AvgIpc) is 3.27. The average molecular weight is 472 g/mol. The molecule has 0 radical (unpaired) electrons. The maximum absolute atomic E-state index is 13.3. The highest BCUT2D eigenvalue weighted by Gasteiger charge is 2.30. The van der Waals surface area contributed by atoms with Crippen molar-refractivity contribution in [2.45, 2.75) is 30.3 Å². The van der Waals surface area contributed by atoms with Crippen molar-refractivity contribution in [3.8, 4) is 11.5 Å². The molecular formula is C23H25N3O6S. The molecule has 1 unspecified atom stereocenters. The van der Waals surface area contributed by atoms with Crippen molar-refractivity contribution in [3.63, 3.8) is 0 Å². The van der Waals surface area contributed by atoms with Crippen LogP contribution in [0.1, 0.15) is 29.8 Å². The maximum Gasteiger partial charge on any atom is 0.276 e. The number of para-hydroxylation sites is 2. The molecule has 0 aliphatic carbocycles. The number of likely N-dealkylation sites (N-methyl/N-ethyl adjacent to an activating group) is 1. The van der Waals surface area contributed by atoms with Gasteiger partial charge in [0.15, 0.2) is 22.8 Å². The first-order chi connectivity index (χ1) is 15.9. The molecule has 0 N–H and O–H groups in total. The Balaban J connectivity index is 1.37. The third-order valence-corrected chi connectivity index (χ3v) is 7.84. The van der Waals surface area contributed by atoms with Gasteiger partial charge in [0.05, 0.1) is 16.8 Å². The fraction of sp³-hybridized carbons (Fsp3) is 0.391. The largest absolute Gasteiger partial charge is 0.486 e. The molecule has 0 spiro atoms. The van der Waals surface area contributed by atoms with E-state index in [-0.39, 0.29) is 29.6 Å². The van der Waals surface area contributed by atoms with Crippen LogP contribution in [-0.4, -0.2) is 68.1 Å². The molecule has 3 heterocycles. The molecule has 33 heavy (non-hydrogen) atoms. The van der Waals surface area contributed by atoms with Gasteiger partial charge in [0.2, 0.25) is 10.0 Å². The molecule has 1 fully saturated rings. The van der Waals surface area contributed by atoms with E-state index >= 15 is 0 Å². The van der Waals surface area contributed by atoms with Crippen LogP contribution in [0, 0.1) is 0 Å². The number of nitrogens with zero attached hydrogens (tertiary/aromatic N) is 3. The van der Waals surface area contributed by atoms with E-state index in [2.05, 4.69) is 5.16 Å². The number of hydrogen-bond acceptors (Lipinski definition) is 7. The Morgan fingerprint density at radius 1 is 1.12 bits per heavy atom. The molecule has 0 bridgehead atoms. The minimum Gasteiger partial charge on any atom is -0.486 e. The fourth-order valence-corrected chi connectivity index (χ4v) is 5.43.